The van der Waals surface area contributed by atoms with Crippen molar-refractivity contribution in [2.45, 2.75) is 24.2 Å². The number of guanidine groups is 1. The fraction of sp³-hybridized carbons (Fsp3) is 0.611. The quantitative estimate of drug-likeness (QED) is 0.353. The van der Waals surface area contributed by atoms with Crippen LogP contribution in [-0.2, 0) is 4.74 Å². The number of aliphatic imine (C=N–C) groups is 1. The normalized spacial score (nSPS) is 16.2. The Morgan fingerprint density at radius 2 is 2.12 bits per heavy atom. The van der Waals surface area contributed by atoms with Crippen LogP contribution in [-0.4, -0.2) is 57.0 Å². The van der Waals surface area contributed by atoms with Gasteiger partial charge in [0.05, 0.1) is 0 Å². The van der Waals surface area contributed by atoms with Gasteiger partial charge in [-0.1, -0.05) is 12.1 Å². The standard InChI is InChI=1S/C18H28FN3OS/c1-20-18(22(2)11-7-15-8-12-23-13-9-15)21-10-14-24-17-6-4-3-5-16(17)19/h3-6,15H,7-14H2,1-2H3,(H,20,21). The molecule has 0 aliphatic carbocycles. The largest absolute Gasteiger partial charge is 0.381 e. The molecule has 1 aliphatic heterocycles. The lowest BCUT2D eigenvalue weighted by atomic mass is 9.96. The molecule has 134 valence electrons. The van der Waals surface area contributed by atoms with Gasteiger partial charge in [-0.3, -0.25) is 4.99 Å². The van der Waals surface area contributed by atoms with Crippen LogP contribution in [0.2, 0.25) is 0 Å². The number of halogens is 1. The first-order valence-electron chi connectivity index (χ1n) is 8.57. The zero-order chi connectivity index (χ0) is 17.2. The summed E-state index contributed by atoms with van der Waals surface area (Å²) in [5.41, 5.74) is 0. The van der Waals surface area contributed by atoms with Gasteiger partial charge < -0.3 is 15.0 Å². The van der Waals surface area contributed by atoms with Crippen LogP contribution in [0.4, 0.5) is 4.39 Å². The molecule has 1 aliphatic rings. The molecule has 0 spiro atoms. The molecule has 24 heavy (non-hydrogen) atoms. The van der Waals surface area contributed by atoms with Gasteiger partial charge in [-0.05, 0) is 37.3 Å². The maximum Gasteiger partial charge on any atom is 0.193 e. The van der Waals surface area contributed by atoms with Crippen LogP contribution in [0.5, 0.6) is 0 Å². The van der Waals surface area contributed by atoms with Gasteiger partial charge >= 0.3 is 0 Å². The van der Waals surface area contributed by atoms with Crippen LogP contribution >= 0.6 is 11.8 Å². The third-order valence-corrected chi connectivity index (χ3v) is 5.32. The monoisotopic (exact) mass is 353 g/mol. The van der Waals surface area contributed by atoms with Crippen LogP contribution < -0.4 is 5.32 Å². The van der Waals surface area contributed by atoms with E-state index in [1.54, 1.807) is 13.1 Å². The number of ether oxygens (including phenoxy) is 1. The van der Waals surface area contributed by atoms with E-state index in [1.165, 1.54) is 37.1 Å². The molecule has 0 bridgehead atoms. The summed E-state index contributed by atoms with van der Waals surface area (Å²) in [7, 11) is 3.87. The minimum Gasteiger partial charge on any atom is -0.381 e. The van der Waals surface area contributed by atoms with Crippen molar-refractivity contribution >= 4 is 17.7 Å². The number of nitrogens with zero attached hydrogens (tertiary/aromatic N) is 2. The van der Waals surface area contributed by atoms with Crippen molar-refractivity contribution < 1.29 is 9.13 Å². The van der Waals surface area contributed by atoms with Crippen LogP contribution in [0.1, 0.15) is 19.3 Å². The van der Waals surface area contributed by atoms with E-state index in [2.05, 4.69) is 22.3 Å². The molecule has 1 N–H and O–H groups in total. The van der Waals surface area contributed by atoms with Gasteiger partial charge in [0.2, 0.25) is 0 Å². The highest BCUT2D eigenvalue weighted by Gasteiger charge is 2.15. The summed E-state index contributed by atoms with van der Waals surface area (Å²) in [4.78, 5) is 7.20. The first-order valence-corrected chi connectivity index (χ1v) is 9.56. The van der Waals surface area contributed by atoms with E-state index in [-0.39, 0.29) is 5.82 Å². The molecule has 0 aromatic heterocycles. The van der Waals surface area contributed by atoms with Crippen molar-refractivity contribution in [2.24, 2.45) is 10.9 Å². The van der Waals surface area contributed by atoms with E-state index < -0.39 is 0 Å². The molecule has 1 fully saturated rings. The number of nitrogens with one attached hydrogen (secondary N) is 1. The molecule has 1 aromatic rings. The minimum absolute atomic E-state index is 0.152. The lowest BCUT2D eigenvalue weighted by Crippen LogP contribution is -2.40. The number of rotatable bonds is 7. The van der Waals surface area contributed by atoms with Gasteiger partial charge in [0.1, 0.15) is 5.82 Å². The van der Waals surface area contributed by atoms with Crippen LogP contribution in [0.3, 0.4) is 0 Å². The summed E-state index contributed by atoms with van der Waals surface area (Å²) in [6.07, 6.45) is 3.50. The summed E-state index contributed by atoms with van der Waals surface area (Å²) in [5.74, 6) is 2.31. The predicted molar refractivity (Wildman–Crippen MR) is 99.3 cm³/mol. The van der Waals surface area contributed by atoms with Crippen LogP contribution in [0.25, 0.3) is 0 Å². The topological polar surface area (TPSA) is 36.9 Å². The summed E-state index contributed by atoms with van der Waals surface area (Å²) in [6.45, 7) is 3.54. The van der Waals surface area contributed by atoms with Gasteiger partial charge in [-0.15, -0.1) is 11.8 Å². The third kappa shape index (κ3) is 6.32. The third-order valence-electron chi connectivity index (χ3n) is 4.27. The van der Waals surface area contributed by atoms with Crippen LogP contribution in [0.15, 0.2) is 34.2 Å². The van der Waals surface area contributed by atoms with E-state index in [0.29, 0.717) is 4.90 Å². The minimum atomic E-state index is -0.152. The molecule has 1 heterocycles. The first kappa shape index (κ1) is 19.1. The number of thioether (sulfide) groups is 1. The second-order valence-electron chi connectivity index (χ2n) is 6.02. The molecule has 0 amide bonds. The van der Waals surface area contributed by atoms with Crippen molar-refractivity contribution in [3.8, 4) is 0 Å². The summed E-state index contributed by atoms with van der Waals surface area (Å²) in [6, 6.07) is 6.89. The van der Waals surface area contributed by atoms with E-state index in [1.807, 2.05) is 12.1 Å². The van der Waals surface area contributed by atoms with Crippen LogP contribution in [0, 0.1) is 11.7 Å². The average Bonchev–Trinajstić information content (AvgIpc) is 2.62. The van der Waals surface area contributed by atoms with Gasteiger partial charge in [-0.2, -0.15) is 0 Å². The van der Waals surface area contributed by atoms with Crippen molar-refractivity contribution in [2.75, 3.05) is 46.2 Å². The Bertz CT molecular complexity index is 521. The fourth-order valence-electron chi connectivity index (χ4n) is 2.79. The van der Waals surface area contributed by atoms with Crippen molar-refractivity contribution in [3.63, 3.8) is 0 Å². The Balaban J connectivity index is 1.66. The Kier molecular flexibility index (Phi) is 8.39. The number of hydrogen-bond acceptors (Lipinski definition) is 3. The van der Waals surface area contributed by atoms with Crippen molar-refractivity contribution in [3.05, 3.63) is 30.1 Å². The highest BCUT2D eigenvalue weighted by atomic mass is 32.2. The number of hydrogen-bond donors (Lipinski definition) is 1. The second-order valence-corrected chi connectivity index (χ2v) is 7.16. The molecular formula is C18H28FN3OS. The lowest BCUT2D eigenvalue weighted by Gasteiger charge is -2.26. The van der Waals surface area contributed by atoms with E-state index in [0.717, 1.165) is 43.9 Å². The average molecular weight is 354 g/mol. The smallest absolute Gasteiger partial charge is 0.193 e. The molecule has 6 heteroatoms. The summed E-state index contributed by atoms with van der Waals surface area (Å²) >= 11 is 1.52. The summed E-state index contributed by atoms with van der Waals surface area (Å²) < 4.78 is 19.0. The van der Waals surface area contributed by atoms with E-state index in [9.17, 15) is 4.39 Å². The van der Waals surface area contributed by atoms with Gasteiger partial charge in [0.25, 0.3) is 0 Å². The second kappa shape index (κ2) is 10.6. The molecule has 2 rings (SSSR count). The fourth-order valence-corrected chi connectivity index (χ4v) is 3.59. The highest BCUT2D eigenvalue weighted by molar-refractivity contribution is 7.99. The molecule has 1 aromatic carbocycles. The molecule has 0 radical (unpaired) electrons. The predicted octanol–water partition coefficient (Wildman–Crippen LogP) is 3.24. The Morgan fingerprint density at radius 3 is 2.83 bits per heavy atom. The maximum absolute atomic E-state index is 13.6. The van der Waals surface area contributed by atoms with E-state index in [4.69, 9.17) is 4.74 Å². The Labute approximate surface area is 148 Å². The van der Waals surface area contributed by atoms with Crippen molar-refractivity contribution in [1.82, 2.24) is 10.2 Å². The molecule has 4 nitrogen and oxygen atoms in total. The summed E-state index contributed by atoms with van der Waals surface area (Å²) in [5, 5.41) is 3.35. The van der Waals surface area contributed by atoms with Gasteiger partial charge in [-0.25, -0.2) is 4.39 Å². The first-order chi connectivity index (χ1) is 11.7. The van der Waals surface area contributed by atoms with Gasteiger partial charge in [0, 0.05) is 51.0 Å². The highest BCUT2D eigenvalue weighted by Crippen LogP contribution is 2.20. The van der Waals surface area contributed by atoms with Crippen molar-refractivity contribution in [1.29, 1.82) is 0 Å². The molecule has 0 unspecified atom stereocenters. The molecular weight excluding hydrogens is 325 g/mol. The molecule has 0 saturated carbocycles. The molecule has 1 saturated heterocycles. The van der Waals surface area contributed by atoms with E-state index >= 15 is 0 Å². The SMILES string of the molecule is CN=C(NCCSc1ccccc1F)N(C)CCC1CCOCC1. The maximum atomic E-state index is 13.6. The Hall–Kier alpha value is -1.27. The zero-order valence-electron chi connectivity index (χ0n) is 14.6. The Morgan fingerprint density at radius 1 is 1.38 bits per heavy atom. The van der Waals surface area contributed by atoms with Gasteiger partial charge in [0.15, 0.2) is 5.96 Å². The number of benzene rings is 1. The zero-order valence-corrected chi connectivity index (χ0v) is 15.4. The lowest BCUT2D eigenvalue weighted by molar-refractivity contribution is 0.0625. The molecule has 0 atom stereocenters.